The van der Waals surface area contributed by atoms with Crippen LogP contribution in [0.25, 0.3) is 0 Å². The van der Waals surface area contributed by atoms with Crippen LogP contribution in [0.5, 0.6) is 0 Å². The first kappa shape index (κ1) is 24.6. The summed E-state index contributed by atoms with van der Waals surface area (Å²) in [6, 6.07) is 17.5. The molecule has 174 valence electrons. The summed E-state index contributed by atoms with van der Waals surface area (Å²) in [5, 5.41) is 0. The first-order valence-corrected chi connectivity index (χ1v) is 11.6. The third-order valence-electron chi connectivity index (χ3n) is 5.26. The second kappa shape index (κ2) is 11.7. The van der Waals surface area contributed by atoms with Gasteiger partial charge in [-0.15, -0.1) is 11.3 Å². The quantitative estimate of drug-likeness (QED) is 0.429. The molecule has 7 heteroatoms. The number of thiophene rings is 1. The molecule has 0 aliphatic heterocycles. The lowest BCUT2D eigenvalue weighted by molar-refractivity contribution is -0.133. The molecule has 33 heavy (non-hydrogen) atoms. The Balaban J connectivity index is 1.80. The molecule has 0 radical (unpaired) electrons. The molecule has 0 unspecified atom stereocenters. The largest absolute Gasteiger partial charge is 0.383 e. The Hall–Kier alpha value is -3.03. The molecule has 0 N–H and O–H groups in total. The smallest absolute Gasteiger partial charge is 0.254 e. The van der Waals surface area contributed by atoms with Crippen LogP contribution in [-0.4, -0.2) is 48.4 Å². The van der Waals surface area contributed by atoms with E-state index in [1.165, 1.54) is 17.0 Å². The fourth-order valence-corrected chi connectivity index (χ4v) is 4.30. The molecule has 2 amide bonds. The maximum absolute atomic E-state index is 13.4. The molecule has 0 aliphatic carbocycles. The Kier molecular flexibility index (Phi) is 8.74. The van der Waals surface area contributed by atoms with Crippen molar-refractivity contribution in [1.29, 1.82) is 0 Å². The molecule has 0 aliphatic rings. The molecule has 0 saturated heterocycles. The number of nitrogens with zero attached hydrogens (tertiary/aromatic N) is 2. The summed E-state index contributed by atoms with van der Waals surface area (Å²) >= 11 is 1.63. The zero-order valence-corrected chi connectivity index (χ0v) is 20.0. The first-order valence-electron chi connectivity index (χ1n) is 10.8. The van der Waals surface area contributed by atoms with E-state index in [0.29, 0.717) is 31.8 Å². The number of aryl methyl sites for hydroxylation is 2. The highest BCUT2D eigenvalue weighted by Crippen LogP contribution is 2.19. The van der Waals surface area contributed by atoms with E-state index in [4.69, 9.17) is 4.74 Å². The van der Waals surface area contributed by atoms with Crippen LogP contribution in [0.3, 0.4) is 0 Å². The first-order chi connectivity index (χ1) is 15.9. The summed E-state index contributed by atoms with van der Waals surface area (Å²) in [4.78, 5) is 32.0. The lowest BCUT2D eigenvalue weighted by Crippen LogP contribution is -2.43. The maximum atomic E-state index is 13.4. The van der Waals surface area contributed by atoms with E-state index in [0.717, 1.165) is 20.9 Å². The number of rotatable bonds is 10. The number of carbonyl (C=O) groups is 2. The van der Waals surface area contributed by atoms with Crippen LogP contribution in [0.2, 0.25) is 0 Å². The Morgan fingerprint density at radius 3 is 2.21 bits per heavy atom. The highest BCUT2D eigenvalue weighted by molar-refractivity contribution is 7.11. The molecule has 0 bridgehead atoms. The second-order valence-corrected chi connectivity index (χ2v) is 9.35. The van der Waals surface area contributed by atoms with Gasteiger partial charge in [0.2, 0.25) is 5.91 Å². The van der Waals surface area contributed by atoms with Crippen molar-refractivity contribution in [3.8, 4) is 0 Å². The van der Waals surface area contributed by atoms with Crippen molar-refractivity contribution in [1.82, 2.24) is 9.80 Å². The van der Waals surface area contributed by atoms with Gasteiger partial charge in [-0.3, -0.25) is 9.59 Å². The third-order valence-corrected chi connectivity index (χ3v) is 6.24. The molecular weight excluding hydrogens is 439 g/mol. The van der Waals surface area contributed by atoms with Crippen molar-refractivity contribution in [3.05, 3.63) is 92.9 Å². The van der Waals surface area contributed by atoms with Crippen LogP contribution in [-0.2, 0) is 22.6 Å². The van der Waals surface area contributed by atoms with Gasteiger partial charge in [-0.2, -0.15) is 0 Å². The average Bonchev–Trinajstić information content (AvgIpc) is 3.22. The van der Waals surface area contributed by atoms with Gasteiger partial charge in [0, 0.05) is 35.5 Å². The molecule has 5 nitrogen and oxygen atoms in total. The van der Waals surface area contributed by atoms with E-state index < -0.39 is 0 Å². The molecule has 0 saturated carbocycles. The Morgan fingerprint density at radius 1 is 0.909 bits per heavy atom. The van der Waals surface area contributed by atoms with E-state index in [-0.39, 0.29) is 24.2 Å². The van der Waals surface area contributed by atoms with Crippen LogP contribution in [0, 0.1) is 19.7 Å². The minimum Gasteiger partial charge on any atom is -0.383 e. The summed E-state index contributed by atoms with van der Waals surface area (Å²) in [6.07, 6.45) is 0. The van der Waals surface area contributed by atoms with Crippen LogP contribution >= 0.6 is 11.3 Å². The molecule has 0 spiro atoms. The Bertz CT molecular complexity index is 1060. The van der Waals surface area contributed by atoms with E-state index in [1.54, 1.807) is 47.6 Å². The van der Waals surface area contributed by atoms with Crippen molar-refractivity contribution in [2.24, 2.45) is 0 Å². The number of methoxy groups -OCH3 is 1. The number of amides is 2. The van der Waals surface area contributed by atoms with E-state index in [2.05, 4.69) is 0 Å². The number of benzene rings is 2. The SMILES string of the molecule is COCCN(CC(=O)N(Cc1ccc(F)cc1)Cc1ccc(C)s1)C(=O)c1ccc(C)cc1. The van der Waals surface area contributed by atoms with Gasteiger partial charge in [0.15, 0.2) is 0 Å². The summed E-state index contributed by atoms with van der Waals surface area (Å²) in [5.74, 6) is -0.712. The van der Waals surface area contributed by atoms with Gasteiger partial charge in [0.25, 0.3) is 5.91 Å². The molecule has 3 rings (SSSR count). The van der Waals surface area contributed by atoms with Gasteiger partial charge >= 0.3 is 0 Å². The summed E-state index contributed by atoms with van der Waals surface area (Å²) in [5.41, 5.74) is 2.41. The van der Waals surface area contributed by atoms with Gasteiger partial charge in [-0.1, -0.05) is 29.8 Å². The monoisotopic (exact) mass is 468 g/mol. The second-order valence-electron chi connectivity index (χ2n) is 7.97. The minimum atomic E-state index is -0.319. The molecule has 0 atom stereocenters. The summed E-state index contributed by atoms with van der Waals surface area (Å²) in [7, 11) is 1.57. The summed E-state index contributed by atoms with van der Waals surface area (Å²) < 4.78 is 18.5. The Labute approximate surface area is 198 Å². The van der Waals surface area contributed by atoms with Crippen LogP contribution in [0.4, 0.5) is 4.39 Å². The van der Waals surface area contributed by atoms with Crippen molar-refractivity contribution in [2.75, 3.05) is 26.8 Å². The van der Waals surface area contributed by atoms with Crippen LogP contribution in [0.15, 0.2) is 60.7 Å². The van der Waals surface area contributed by atoms with Crippen molar-refractivity contribution >= 4 is 23.2 Å². The molecule has 1 heterocycles. The standard InChI is InChI=1S/C26H29FN2O3S/c1-19-4-9-22(10-5-19)26(31)28(14-15-32-3)18-25(30)29(17-24-13-6-20(2)33-24)16-21-7-11-23(27)12-8-21/h4-13H,14-18H2,1-3H3. The van der Waals surface area contributed by atoms with E-state index in [1.807, 2.05) is 38.1 Å². The lowest BCUT2D eigenvalue weighted by Gasteiger charge is -2.27. The van der Waals surface area contributed by atoms with Crippen LogP contribution < -0.4 is 0 Å². The number of ether oxygens (including phenoxy) is 1. The lowest BCUT2D eigenvalue weighted by atomic mass is 10.1. The van der Waals surface area contributed by atoms with Gasteiger partial charge < -0.3 is 14.5 Å². The number of hydrogen-bond acceptors (Lipinski definition) is 4. The number of halogens is 1. The van der Waals surface area contributed by atoms with Crippen LogP contribution in [0.1, 0.15) is 31.2 Å². The fraction of sp³-hybridized carbons (Fsp3) is 0.308. The molecule has 3 aromatic rings. The van der Waals surface area contributed by atoms with Crippen molar-refractivity contribution in [3.63, 3.8) is 0 Å². The van der Waals surface area contributed by atoms with E-state index in [9.17, 15) is 14.0 Å². The fourth-order valence-electron chi connectivity index (χ4n) is 3.40. The van der Waals surface area contributed by atoms with Gasteiger partial charge in [0.05, 0.1) is 13.2 Å². The minimum absolute atomic E-state index is 0.0678. The van der Waals surface area contributed by atoms with Gasteiger partial charge in [-0.05, 0) is 55.8 Å². The topological polar surface area (TPSA) is 49.9 Å². The molecule has 2 aromatic carbocycles. The predicted molar refractivity (Wildman–Crippen MR) is 129 cm³/mol. The number of hydrogen-bond donors (Lipinski definition) is 0. The Morgan fingerprint density at radius 2 is 1.61 bits per heavy atom. The van der Waals surface area contributed by atoms with Gasteiger partial charge in [0.1, 0.15) is 12.4 Å². The maximum Gasteiger partial charge on any atom is 0.254 e. The molecule has 1 aromatic heterocycles. The number of carbonyl (C=O) groups excluding carboxylic acids is 2. The molecular formula is C26H29FN2O3S. The summed E-state index contributed by atoms with van der Waals surface area (Å²) in [6.45, 7) is 5.29. The zero-order valence-electron chi connectivity index (χ0n) is 19.2. The predicted octanol–water partition coefficient (Wildman–Crippen LogP) is 4.82. The average molecular weight is 469 g/mol. The normalized spacial score (nSPS) is 10.8. The van der Waals surface area contributed by atoms with Crippen molar-refractivity contribution < 1.29 is 18.7 Å². The zero-order chi connectivity index (χ0) is 23.8. The molecule has 0 fully saturated rings. The highest BCUT2D eigenvalue weighted by atomic mass is 32.1. The third kappa shape index (κ3) is 7.23. The van der Waals surface area contributed by atoms with E-state index >= 15 is 0 Å². The van der Waals surface area contributed by atoms with Gasteiger partial charge in [-0.25, -0.2) is 4.39 Å². The van der Waals surface area contributed by atoms with Crippen molar-refractivity contribution in [2.45, 2.75) is 26.9 Å². The highest BCUT2D eigenvalue weighted by Gasteiger charge is 2.23.